The molecule has 8 N–H and O–H groups in total. The number of hydrogen-bond donors (Lipinski definition) is 7. The summed E-state index contributed by atoms with van der Waals surface area (Å²) in [6.07, 6.45) is -9.27. The number of aromatic nitrogens is 2. The van der Waals surface area contributed by atoms with E-state index in [-0.39, 0.29) is 10.8 Å². The van der Waals surface area contributed by atoms with Gasteiger partial charge >= 0.3 is 35.3 Å². The Labute approximate surface area is 178 Å². The molecule has 4 atom stereocenters. The summed E-state index contributed by atoms with van der Waals surface area (Å²) >= 11 is 0. The van der Waals surface area contributed by atoms with Crippen LogP contribution in [0.4, 0.5) is 19.0 Å². The van der Waals surface area contributed by atoms with Crippen LogP contribution in [0.5, 0.6) is 0 Å². The Morgan fingerprint density at radius 3 is 2.24 bits per heavy atom. The predicted molar refractivity (Wildman–Crippen MR) is 93.5 cm³/mol. The molecule has 0 spiro atoms. The van der Waals surface area contributed by atoms with Gasteiger partial charge < -0.3 is 40.3 Å². The number of nitrogen functional groups attached to an aromatic ring is 1. The lowest BCUT2D eigenvalue weighted by molar-refractivity contribution is -0.138. The number of alkyl halides is 3. The molecule has 1 aromatic rings. The molecule has 3 unspecified atom stereocenters. The Balaban J connectivity index is 2.20. The standard InChI is InChI=1S/C10H13F3N3O14P3/c11-10(12,13)3-1-16(9(19)15-7(3)14)8-6(18)5(17)4(28-8)2-27-32(23,24)30-33(25,26)29-31(20,21)22/h1,6,8,17-18H,2H2,(H,23,24)(H,25,26)(H2,14,15,19)(H2,20,21,22)/t6?,8-/m1/s1. The van der Waals surface area contributed by atoms with Crippen LogP contribution in [0.1, 0.15) is 11.8 Å². The van der Waals surface area contributed by atoms with Gasteiger partial charge in [0.25, 0.3) is 0 Å². The first kappa shape index (κ1) is 27.4. The van der Waals surface area contributed by atoms with E-state index in [0.717, 1.165) is 0 Å². The van der Waals surface area contributed by atoms with E-state index >= 15 is 0 Å². The molecule has 0 fully saturated rings. The van der Waals surface area contributed by atoms with Crippen molar-refractivity contribution in [1.82, 2.24) is 9.55 Å². The lowest BCUT2D eigenvalue weighted by Crippen LogP contribution is -2.34. The molecule has 1 aromatic heterocycles. The summed E-state index contributed by atoms with van der Waals surface area (Å²) in [6, 6.07) is 0. The van der Waals surface area contributed by atoms with Gasteiger partial charge in [0.15, 0.2) is 17.6 Å². The highest BCUT2D eigenvalue weighted by Crippen LogP contribution is 2.66. The fourth-order valence-corrected chi connectivity index (χ4v) is 5.19. The maximum atomic E-state index is 13.0. The van der Waals surface area contributed by atoms with E-state index in [1.165, 1.54) is 0 Å². The molecule has 0 radical (unpaired) electrons. The van der Waals surface area contributed by atoms with E-state index in [0.29, 0.717) is 0 Å². The largest absolute Gasteiger partial charge is 0.506 e. The van der Waals surface area contributed by atoms with E-state index < -0.39 is 77.2 Å². The zero-order valence-corrected chi connectivity index (χ0v) is 18.0. The van der Waals surface area contributed by atoms with Crippen molar-refractivity contribution in [2.45, 2.75) is 18.5 Å². The second-order valence-corrected chi connectivity index (χ2v) is 10.3. The zero-order valence-electron chi connectivity index (χ0n) is 15.3. The molecule has 2 heterocycles. The molecule has 17 nitrogen and oxygen atoms in total. The van der Waals surface area contributed by atoms with Gasteiger partial charge in [-0.25, -0.2) is 18.5 Å². The van der Waals surface area contributed by atoms with Crippen LogP contribution in [0.25, 0.3) is 0 Å². The molecule has 188 valence electrons. The fourth-order valence-electron chi connectivity index (χ4n) is 2.21. The van der Waals surface area contributed by atoms with E-state index in [1.54, 1.807) is 0 Å². The van der Waals surface area contributed by atoms with E-state index in [1.807, 2.05) is 0 Å². The van der Waals surface area contributed by atoms with Gasteiger partial charge in [0.05, 0.1) is 0 Å². The molecular formula is C10H13F3N3O14P3. The van der Waals surface area contributed by atoms with Crippen molar-refractivity contribution in [3.8, 4) is 0 Å². The first-order chi connectivity index (χ1) is 14.7. The lowest BCUT2D eigenvalue weighted by Gasteiger charge is -2.20. The van der Waals surface area contributed by atoms with Crippen molar-refractivity contribution in [2.75, 3.05) is 12.3 Å². The highest BCUT2D eigenvalue weighted by Gasteiger charge is 2.44. The second kappa shape index (κ2) is 9.09. The van der Waals surface area contributed by atoms with Gasteiger partial charge in [0.2, 0.25) is 6.23 Å². The number of hydrogen-bond acceptors (Lipinski definition) is 12. The summed E-state index contributed by atoms with van der Waals surface area (Å²) in [4.78, 5) is 50.1. The molecule has 0 aliphatic carbocycles. The smallest absolute Gasteiger partial charge is 0.490 e. The monoisotopic (exact) mass is 549 g/mol. The Bertz CT molecular complexity index is 1160. The van der Waals surface area contributed by atoms with E-state index in [9.17, 15) is 46.8 Å². The maximum absolute atomic E-state index is 13.0. The number of ether oxygens (including phenoxy) is 1. The molecule has 0 bridgehead atoms. The van der Waals surface area contributed by atoms with Crippen LogP contribution < -0.4 is 11.4 Å². The SMILES string of the molecule is Nc1nc(=O)n([C@@H]2OC(COP(=O)(O)OP(=O)(O)OP(=O)(O)O)=C(O)C2O)cc1C(F)(F)F. The van der Waals surface area contributed by atoms with E-state index in [4.69, 9.17) is 25.2 Å². The average Bonchev–Trinajstić information content (AvgIpc) is 2.84. The third kappa shape index (κ3) is 7.08. The summed E-state index contributed by atoms with van der Waals surface area (Å²) in [5, 5.41) is 19.8. The van der Waals surface area contributed by atoms with Crippen LogP contribution in [0, 0.1) is 0 Å². The van der Waals surface area contributed by atoms with Gasteiger partial charge in [-0.15, -0.1) is 0 Å². The van der Waals surface area contributed by atoms with Crippen LogP contribution in [0.15, 0.2) is 22.5 Å². The number of rotatable bonds is 8. The number of halogens is 3. The fraction of sp³-hybridized carbons (Fsp3) is 0.400. The molecule has 23 heteroatoms. The minimum atomic E-state index is -5.86. The minimum Gasteiger partial charge on any atom is -0.506 e. The topological polar surface area (TPSA) is 270 Å². The molecule has 2 rings (SSSR count). The van der Waals surface area contributed by atoms with Gasteiger partial charge in [0, 0.05) is 6.20 Å². The first-order valence-electron chi connectivity index (χ1n) is 7.73. The highest BCUT2D eigenvalue weighted by molar-refractivity contribution is 7.66. The highest BCUT2D eigenvalue weighted by atomic mass is 31.3. The number of phosphoric acid groups is 3. The third-order valence-corrected chi connectivity index (χ3v) is 7.22. The van der Waals surface area contributed by atoms with Crippen LogP contribution in [0.2, 0.25) is 0 Å². The normalized spacial score (nSPS) is 23.2. The molecule has 0 aromatic carbocycles. The van der Waals surface area contributed by atoms with Crippen molar-refractivity contribution >= 4 is 29.3 Å². The molecule has 1 aliphatic heterocycles. The van der Waals surface area contributed by atoms with Crippen molar-refractivity contribution in [2.24, 2.45) is 0 Å². The Hall–Kier alpha value is -1.82. The quantitative estimate of drug-likeness (QED) is 0.208. The lowest BCUT2D eigenvalue weighted by atomic mass is 10.2. The second-order valence-electron chi connectivity index (χ2n) is 5.85. The predicted octanol–water partition coefficient (Wildman–Crippen LogP) is -0.153. The summed E-state index contributed by atoms with van der Waals surface area (Å²) in [6.45, 7) is -1.37. The van der Waals surface area contributed by atoms with Crippen molar-refractivity contribution < 1.29 is 74.5 Å². The Kier molecular flexibility index (Phi) is 7.55. The van der Waals surface area contributed by atoms with Gasteiger partial charge in [-0.05, 0) is 0 Å². The van der Waals surface area contributed by atoms with Crippen LogP contribution in [-0.2, 0) is 37.8 Å². The van der Waals surface area contributed by atoms with Gasteiger partial charge in [0.1, 0.15) is 18.0 Å². The summed E-state index contributed by atoms with van der Waals surface area (Å²) in [5.74, 6) is -3.34. The van der Waals surface area contributed by atoms with Crippen molar-refractivity contribution in [1.29, 1.82) is 0 Å². The first-order valence-corrected chi connectivity index (χ1v) is 12.3. The maximum Gasteiger partial charge on any atom is 0.490 e. The van der Waals surface area contributed by atoms with Crippen LogP contribution in [-0.4, -0.2) is 52.0 Å². The van der Waals surface area contributed by atoms with Crippen molar-refractivity contribution in [3.05, 3.63) is 33.8 Å². The van der Waals surface area contributed by atoms with Gasteiger partial charge in [-0.1, -0.05) is 0 Å². The van der Waals surface area contributed by atoms with Gasteiger partial charge in [-0.2, -0.15) is 26.8 Å². The van der Waals surface area contributed by atoms with Crippen LogP contribution in [0.3, 0.4) is 0 Å². The molecule has 1 aliphatic rings. The Morgan fingerprint density at radius 1 is 1.15 bits per heavy atom. The molecule has 0 saturated heterocycles. The number of aliphatic hydroxyl groups is 2. The summed E-state index contributed by atoms with van der Waals surface area (Å²) in [5.41, 5.74) is 2.00. The number of anilines is 1. The van der Waals surface area contributed by atoms with Gasteiger partial charge in [-0.3, -0.25) is 9.09 Å². The number of nitrogens with zero attached hydrogens (tertiary/aromatic N) is 2. The summed E-state index contributed by atoms with van der Waals surface area (Å²) in [7, 11) is -17.2. The third-order valence-electron chi connectivity index (χ3n) is 3.43. The molecule has 33 heavy (non-hydrogen) atoms. The average molecular weight is 549 g/mol. The summed E-state index contributed by atoms with van der Waals surface area (Å²) < 4.78 is 88.5. The van der Waals surface area contributed by atoms with E-state index in [2.05, 4.69) is 18.1 Å². The number of aliphatic hydroxyl groups excluding tert-OH is 2. The molecular weight excluding hydrogens is 536 g/mol. The minimum absolute atomic E-state index is 0.0951. The number of nitrogens with two attached hydrogens (primary N) is 1. The van der Waals surface area contributed by atoms with Crippen LogP contribution >= 0.6 is 23.5 Å². The van der Waals surface area contributed by atoms with Crippen molar-refractivity contribution in [3.63, 3.8) is 0 Å². The Morgan fingerprint density at radius 2 is 1.73 bits per heavy atom. The molecule has 0 saturated carbocycles. The zero-order chi connectivity index (χ0) is 25.6. The number of phosphoric ester groups is 1. The molecule has 0 amide bonds.